The van der Waals surface area contributed by atoms with E-state index in [1.165, 1.54) is 31.3 Å². The summed E-state index contributed by atoms with van der Waals surface area (Å²) < 4.78 is 5.43. The van der Waals surface area contributed by atoms with Crippen LogP contribution in [0.1, 0.15) is 61.2 Å². The highest BCUT2D eigenvalue weighted by molar-refractivity contribution is 5.92. The molecule has 1 amide bonds. The zero-order valence-electron chi connectivity index (χ0n) is 11.8. The van der Waals surface area contributed by atoms with Gasteiger partial charge in [-0.15, -0.1) is 0 Å². The Morgan fingerprint density at radius 1 is 1.47 bits per heavy atom. The first-order valence-corrected chi connectivity index (χ1v) is 7.13. The Bertz CT molecular complexity index is 474. The molecule has 0 saturated heterocycles. The molecule has 4 nitrogen and oxygen atoms in total. The van der Waals surface area contributed by atoms with Crippen LogP contribution in [0.5, 0.6) is 0 Å². The fraction of sp³-hybridized carbons (Fsp3) is 0.600. The van der Waals surface area contributed by atoms with E-state index in [2.05, 4.69) is 16.4 Å². The molecule has 1 aromatic rings. The molecule has 1 N–H and O–H groups in total. The quantitative estimate of drug-likeness (QED) is 0.829. The SMILES string of the molecule is CCc1nc(C)c(C(=O)NCCC2=CCCCC2)o1. The smallest absolute Gasteiger partial charge is 0.289 e. The molecule has 0 aliphatic heterocycles. The van der Waals surface area contributed by atoms with Gasteiger partial charge in [0.2, 0.25) is 5.76 Å². The van der Waals surface area contributed by atoms with Gasteiger partial charge in [-0.3, -0.25) is 4.79 Å². The van der Waals surface area contributed by atoms with Gasteiger partial charge in [0, 0.05) is 13.0 Å². The molecule has 0 spiro atoms. The van der Waals surface area contributed by atoms with Crippen LogP contribution in [0.2, 0.25) is 0 Å². The van der Waals surface area contributed by atoms with E-state index in [0.717, 1.165) is 6.42 Å². The number of hydrogen-bond acceptors (Lipinski definition) is 3. The van der Waals surface area contributed by atoms with Gasteiger partial charge in [-0.25, -0.2) is 4.98 Å². The molecule has 0 fully saturated rings. The van der Waals surface area contributed by atoms with Gasteiger partial charge in [0.05, 0.1) is 5.69 Å². The van der Waals surface area contributed by atoms with Crippen molar-refractivity contribution in [3.63, 3.8) is 0 Å². The van der Waals surface area contributed by atoms with Crippen molar-refractivity contribution in [3.05, 3.63) is 29.0 Å². The van der Waals surface area contributed by atoms with Gasteiger partial charge < -0.3 is 9.73 Å². The third-order valence-electron chi connectivity index (χ3n) is 3.47. The number of hydrogen-bond donors (Lipinski definition) is 1. The lowest BCUT2D eigenvalue weighted by Gasteiger charge is -2.12. The lowest BCUT2D eigenvalue weighted by atomic mass is 9.97. The topological polar surface area (TPSA) is 55.1 Å². The minimum Gasteiger partial charge on any atom is -0.435 e. The van der Waals surface area contributed by atoms with Crippen LogP contribution in [-0.2, 0) is 6.42 Å². The van der Waals surface area contributed by atoms with Gasteiger partial charge in [0.15, 0.2) is 5.89 Å². The normalized spacial score (nSPS) is 15.2. The first-order chi connectivity index (χ1) is 9.20. The van der Waals surface area contributed by atoms with Crippen LogP contribution in [0, 0.1) is 6.92 Å². The van der Waals surface area contributed by atoms with Crippen molar-refractivity contribution in [2.75, 3.05) is 6.54 Å². The van der Waals surface area contributed by atoms with E-state index in [4.69, 9.17) is 4.42 Å². The van der Waals surface area contributed by atoms with E-state index in [1.54, 1.807) is 6.92 Å². The summed E-state index contributed by atoms with van der Waals surface area (Å²) in [6.45, 7) is 4.44. The Morgan fingerprint density at radius 3 is 2.95 bits per heavy atom. The molecule has 0 saturated carbocycles. The van der Waals surface area contributed by atoms with E-state index in [0.29, 0.717) is 30.3 Å². The Balaban J connectivity index is 1.83. The highest BCUT2D eigenvalue weighted by Gasteiger charge is 2.16. The fourth-order valence-corrected chi connectivity index (χ4v) is 2.36. The molecule has 1 aliphatic carbocycles. The number of carbonyl (C=O) groups excluding carboxylic acids is 1. The summed E-state index contributed by atoms with van der Waals surface area (Å²) in [6.07, 6.45) is 8.90. The van der Waals surface area contributed by atoms with Crippen molar-refractivity contribution in [2.45, 2.75) is 52.4 Å². The molecular weight excluding hydrogens is 240 g/mol. The summed E-state index contributed by atoms with van der Waals surface area (Å²) in [5, 5.41) is 2.91. The Hall–Kier alpha value is -1.58. The number of oxazole rings is 1. The fourth-order valence-electron chi connectivity index (χ4n) is 2.36. The standard InChI is InChI=1S/C15H22N2O2/c1-3-13-17-11(2)14(19-13)15(18)16-10-9-12-7-5-4-6-8-12/h7H,3-6,8-10H2,1-2H3,(H,16,18). The number of rotatable bonds is 5. The summed E-state index contributed by atoms with van der Waals surface area (Å²) in [7, 11) is 0. The van der Waals surface area contributed by atoms with Crippen molar-refractivity contribution in [2.24, 2.45) is 0 Å². The number of nitrogens with zero attached hydrogens (tertiary/aromatic N) is 1. The molecule has 0 bridgehead atoms. The first-order valence-electron chi connectivity index (χ1n) is 7.13. The van der Waals surface area contributed by atoms with Crippen molar-refractivity contribution in [1.82, 2.24) is 10.3 Å². The van der Waals surface area contributed by atoms with E-state index in [-0.39, 0.29) is 5.91 Å². The summed E-state index contributed by atoms with van der Waals surface area (Å²) in [4.78, 5) is 16.2. The molecule has 104 valence electrons. The van der Waals surface area contributed by atoms with Crippen molar-refractivity contribution in [3.8, 4) is 0 Å². The number of nitrogens with one attached hydrogen (secondary N) is 1. The minimum atomic E-state index is -0.152. The monoisotopic (exact) mass is 262 g/mol. The third kappa shape index (κ3) is 3.69. The molecule has 1 aliphatic rings. The Morgan fingerprint density at radius 2 is 2.32 bits per heavy atom. The molecule has 0 aromatic carbocycles. The summed E-state index contributed by atoms with van der Waals surface area (Å²) >= 11 is 0. The second-order valence-corrected chi connectivity index (χ2v) is 4.99. The molecule has 4 heteroatoms. The van der Waals surface area contributed by atoms with E-state index >= 15 is 0 Å². The average Bonchev–Trinajstić information content (AvgIpc) is 2.81. The maximum Gasteiger partial charge on any atom is 0.289 e. The van der Waals surface area contributed by atoms with Crippen LogP contribution in [0.3, 0.4) is 0 Å². The van der Waals surface area contributed by atoms with Gasteiger partial charge in [0.1, 0.15) is 0 Å². The average molecular weight is 262 g/mol. The van der Waals surface area contributed by atoms with Gasteiger partial charge >= 0.3 is 0 Å². The Labute approximate surface area is 114 Å². The van der Waals surface area contributed by atoms with Crippen LogP contribution in [0.25, 0.3) is 0 Å². The summed E-state index contributed by atoms with van der Waals surface area (Å²) in [5.74, 6) is 0.827. The first kappa shape index (κ1) is 13.8. The Kier molecular flexibility index (Phi) is 4.77. The molecular formula is C15H22N2O2. The molecule has 19 heavy (non-hydrogen) atoms. The summed E-state index contributed by atoms with van der Waals surface area (Å²) in [5.41, 5.74) is 2.14. The van der Waals surface area contributed by atoms with E-state index in [9.17, 15) is 4.79 Å². The highest BCUT2D eigenvalue weighted by Crippen LogP contribution is 2.19. The van der Waals surface area contributed by atoms with Gasteiger partial charge in [-0.1, -0.05) is 18.6 Å². The van der Waals surface area contributed by atoms with Crippen molar-refractivity contribution in [1.29, 1.82) is 0 Å². The zero-order chi connectivity index (χ0) is 13.7. The van der Waals surface area contributed by atoms with Crippen LogP contribution in [0.4, 0.5) is 0 Å². The predicted molar refractivity (Wildman–Crippen MR) is 74.1 cm³/mol. The number of aryl methyl sites for hydroxylation is 2. The van der Waals surface area contributed by atoms with Gasteiger partial charge in [0.25, 0.3) is 5.91 Å². The van der Waals surface area contributed by atoms with Gasteiger partial charge in [-0.2, -0.15) is 0 Å². The third-order valence-corrected chi connectivity index (χ3v) is 3.47. The summed E-state index contributed by atoms with van der Waals surface area (Å²) in [6, 6.07) is 0. The number of carbonyl (C=O) groups is 1. The van der Waals surface area contributed by atoms with Crippen LogP contribution in [0.15, 0.2) is 16.1 Å². The largest absolute Gasteiger partial charge is 0.435 e. The lowest BCUT2D eigenvalue weighted by Crippen LogP contribution is -2.25. The molecule has 1 aromatic heterocycles. The maximum absolute atomic E-state index is 12.0. The number of allylic oxidation sites excluding steroid dienone is 1. The number of amides is 1. The second kappa shape index (κ2) is 6.55. The van der Waals surface area contributed by atoms with E-state index < -0.39 is 0 Å². The van der Waals surface area contributed by atoms with E-state index in [1.807, 2.05) is 6.92 Å². The predicted octanol–water partition coefficient (Wildman–Crippen LogP) is 3.17. The highest BCUT2D eigenvalue weighted by atomic mass is 16.4. The second-order valence-electron chi connectivity index (χ2n) is 4.99. The molecule has 0 radical (unpaired) electrons. The van der Waals surface area contributed by atoms with Crippen molar-refractivity contribution < 1.29 is 9.21 Å². The van der Waals surface area contributed by atoms with Gasteiger partial charge in [-0.05, 0) is 39.0 Å². The van der Waals surface area contributed by atoms with Crippen molar-refractivity contribution >= 4 is 5.91 Å². The molecule has 1 heterocycles. The molecule has 2 rings (SSSR count). The molecule has 0 unspecified atom stereocenters. The van der Waals surface area contributed by atoms with Crippen LogP contribution in [-0.4, -0.2) is 17.4 Å². The zero-order valence-corrected chi connectivity index (χ0v) is 11.8. The minimum absolute atomic E-state index is 0.152. The maximum atomic E-state index is 12.0. The van der Waals surface area contributed by atoms with Crippen LogP contribution < -0.4 is 5.32 Å². The number of aromatic nitrogens is 1. The lowest BCUT2D eigenvalue weighted by molar-refractivity contribution is 0.0924. The van der Waals surface area contributed by atoms with Crippen LogP contribution >= 0.6 is 0 Å². The molecule has 0 atom stereocenters.